The zero-order valence-corrected chi connectivity index (χ0v) is 14.0. The van der Waals surface area contributed by atoms with Gasteiger partial charge >= 0.3 is 0 Å². The lowest BCUT2D eigenvalue weighted by Gasteiger charge is -2.32. The maximum absolute atomic E-state index is 12.3. The Kier molecular flexibility index (Phi) is 5.62. The first kappa shape index (κ1) is 16.7. The van der Waals surface area contributed by atoms with Gasteiger partial charge in [0.2, 0.25) is 10.0 Å². The highest BCUT2D eigenvalue weighted by atomic mass is 35.5. The van der Waals surface area contributed by atoms with E-state index in [2.05, 4.69) is 21.6 Å². The van der Waals surface area contributed by atoms with E-state index in [1.807, 2.05) is 6.92 Å². The van der Waals surface area contributed by atoms with Gasteiger partial charge in [-0.15, -0.1) is 0 Å². The van der Waals surface area contributed by atoms with Crippen LogP contribution in [0.25, 0.3) is 0 Å². The fourth-order valence-corrected chi connectivity index (χ4v) is 3.91. The van der Waals surface area contributed by atoms with Crippen molar-refractivity contribution in [1.29, 1.82) is 0 Å². The van der Waals surface area contributed by atoms with Crippen LogP contribution in [0.15, 0.2) is 23.1 Å². The first-order valence-corrected chi connectivity index (χ1v) is 8.91. The highest BCUT2D eigenvalue weighted by molar-refractivity contribution is 7.89. The Bertz CT molecular complexity index is 584. The number of benzene rings is 1. The third-order valence-corrected chi connectivity index (χ3v) is 5.63. The van der Waals surface area contributed by atoms with Gasteiger partial charge in [-0.2, -0.15) is 0 Å². The number of hydrogen-bond acceptors (Lipinski definition) is 4. The monoisotopic (exact) mass is 331 g/mol. The van der Waals surface area contributed by atoms with E-state index in [9.17, 15) is 8.42 Å². The van der Waals surface area contributed by atoms with Crippen molar-refractivity contribution in [3.05, 3.63) is 28.8 Å². The Morgan fingerprint density at radius 1 is 1.24 bits per heavy atom. The van der Waals surface area contributed by atoms with Crippen LogP contribution in [0.2, 0.25) is 5.02 Å². The standard InChI is InChI=1S/C14H22ClN3O2S/c1-12-3-4-13(15)14(11-12)21(19,20)16-5-6-18-9-7-17(2)8-10-18/h3-4,11,16H,5-10H2,1-2H3. The number of hydrogen-bond donors (Lipinski definition) is 1. The molecule has 1 fully saturated rings. The van der Waals surface area contributed by atoms with Gasteiger partial charge < -0.3 is 4.90 Å². The first-order chi connectivity index (χ1) is 9.88. The Hall–Kier alpha value is -0.660. The van der Waals surface area contributed by atoms with Crippen molar-refractivity contribution in [3.8, 4) is 0 Å². The molecule has 1 aliphatic rings. The predicted octanol–water partition coefficient (Wildman–Crippen LogP) is 1.17. The summed E-state index contributed by atoms with van der Waals surface area (Å²) in [4.78, 5) is 4.69. The average molecular weight is 332 g/mol. The molecule has 21 heavy (non-hydrogen) atoms. The first-order valence-electron chi connectivity index (χ1n) is 7.05. The van der Waals surface area contributed by atoms with E-state index in [1.54, 1.807) is 18.2 Å². The molecule has 0 atom stereocenters. The van der Waals surface area contributed by atoms with Crippen molar-refractivity contribution in [1.82, 2.24) is 14.5 Å². The molecule has 1 N–H and O–H groups in total. The minimum atomic E-state index is -3.54. The lowest BCUT2D eigenvalue weighted by atomic mass is 10.2. The van der Waals surface area contributed by atoms with Gasteiger partial charge in [0.1, 0.15) is 4.90 Å². The van der Waals surface area contributed by atoms with Crippen molar-refractivity contribution in [2.75, 3.05) is 46.3 Å². The van der Waals surface area contributed by atoms with E-state index in [0.717, 1.165) is 38.3 Å². The highest BCUT2D eigenvalue weighted by Gasteiger charge is 2.19. The Labute approximate surface area is 131 Å². The maximum Gasteiger partial charge on any atom is 0.242 e. The third kappa shape index (κ3) is 4.66. The lowest BCUT2D eigenvalue weighted by Crippen LogP contribution is -2.46. The van der Waals surface area contributed by atoms with E-state index in [0.29, 0.717) is 6.54 Å². The molecule has 1 heterocycles. The molecular weight excluding hydrogens is 310 g/mol. The van der Waals surface area contributed by atoms with E-state index < -0.39 is 10.0 Å². The summed E-state index contributed by atoms with van der Waals surface area (Å²) in [5, 5.41) is 0.257. The van der Waals surface area contributed by atoms with Crippen LogP contribution in [0.5, 0.6) is 0 Å². The second-order valence-corrected chi connectivity index (χ2v) is 7.62. The molecule has 1 aliphatic heterocycles. The zero-order valence-electron chi connectivity index (χ0n) is 12.5. The number of nitrogens with one attached hydrogen (secondary N) is 1. The van der Waals surface area contributed by atoms with Crippen molar-refractivity contribution < 1.29 is 8.42 Å². The molecule has 0 bridgehead atoms. The lowest BCUT2D eigenvalue weighted by molar-refractivity contribution is 0.156. The summed E-state index contributed by atoms with van der Waals surface area (Å²) in [5.74, 6) is 0. The number of sulfonamides is 1. The number of rotatable bonds is 5. The summed E-state index contributed by atoms with van der Waals surface area (Å²) in [6.45, 7) is 6.96. The summed E-state index contributed by atoms with van der Waals surface area (Å²) in [6, 6.07) is 5.01. The fourth-order valence-electron chi connectivity index (χ4n) is 2.30. The maximum atomic E-state index is 12.3. The Balaban J connectivity index is 1.91. The van der Waals surface area contributed by atoms with Crippen molar-refractivity contribution in [2.24, 2.45) is 0 Å². The van der Waals surface area contributed by atoms with Crippen LogP contribution in [-0.2, 0) is 10.0 Å². The zero-order chi connectivity index (χ0) is 15.5. The second kappa shape index (κ2) is 7.07. The van der Waals surface area contributed by atoms with Gasteiger partial charge in [-0.1, -0.05) is 17.7 Å². The summed E-state index contributed by atoms with van der Waals surface area (Å²) in [7, 11) is -1.45. The number of nitrogens with zero attached hydrogens (tertiary/aromatic N) is 2. The average Bonchev–Trinajstić information content (AvgIpc) is 2.43. The predicted molar refractivity (Wildman–Crippen MR) is 85.3 cm³/mol. The highest BCUT2D eigenvalue weighted by Crippen LogP contribution is 2.22. The van der Waals surface area contributed by atoms with Gasteiger partial charge in [-0.3, -0.25) is 4.90 Å². The van der Waals surface area contributed by atoms with Crippen LogP contribution in [-0.4, -0.2) is 64.5 Å². The summed E-state index contributed by atoms with van der Waals surface area (Å²) < 4.78 is 27.2. The second-order valence-electron chi connectivity index (χ2n) is 5.48. The summed E-state index contributed by atoms with van der Waals surface area (Å²) in [5.41, 5.74) is 0.874. The van der Waals surface area contributed by atoms with Crippen LogP contribution >= 0.6 is 11.6 Å². The van der Waals surface area contributed by atoms with Crippen molar-refractivity contribution >= 4 is 21.6 Å². The molecule has 1 aromatic carbocycles. The molecular formula is C14H22ClN3O2S. The van der Waals surface area contributed by atoms with Crippen LogP contribution in [0, 0.1) is 6.92 Å². The third-order valence-electron chi connectivity index (χ3n) is 3.69. The fraction of sp³-hybridized carbons (Fsp3) is 0.571. The number of likely N-dealkylation sites (N-methyl/N-ethyl adjacent to an activating group) is 1. The van der Waals surface area contributed by atoms with E-state index >= 15 is 0 Å². The number of piperazine rings is 1. The molecule has 5 nitrogen and oxygen atoms in total. The molecule has 0 saturated carbocycles. The SMILES string of the molecule is Cc1ccc(Cl)c(S(=O)(=O)NCCN2CCN(C)CC2)c1. The quantitative estimate of drug-likeness (QED) is 0.880. The summed E-state index contributed by atoms with van der Waals surface area (Å²) >= 11 is 5.99. The van der Waals surface area contributed by atoms with Crippen LogP contribution in [0.3, 0.4) is 0 Å². The molecule has 0 unspecified atom stereocenters. The number of aryl methyl sites for hydroxylation is 1. The minimum absolute atomic E-state index is 0.155. The largest absolute Gasteiger partial charge is 0.304 e. The Morgan fingerprint density at radius 2 is 1.90 bits per heavy atom. The minimum Gasteiger partial charge on any atom is -0.304 e. The molecule has 0 aliphatic carbocycles. The molecule has 2 rings (SSSR count). The smallest absolute Gasteiger partial charge is 0.242 e. The van der Waals surface area contributed by atoms with Crippen molar-refractivity contribution in [2.45, 2.75) is 11.8 Å². The molecule has 0 spiro atoms. The molecule has 1 aromatic rings. The van der Waals surface area contributed by atoms with Gasteiger partial charge in [-0.05, 0) is 31.7 Å². The molecule has 0 radical (unpaired) electrons. The topological polar surface area (TPSA) is 52.7 Å². The molecule has 118 valence electrons. The van der Waals surface area contributed by atoms with Crippen LogP contribution in [0.1, 0.15) is 5.56 Å². The van der Waals surface area contributed by atoms with E-state index in [-0.39, 0.29) is 9.92 Å². The van der Waals surface area contributed by atoms with Gasteiger partial charge in [-0.25, -0.2) is 13.1 Å². The van der Waals surface area contributed by atoms with Gasteiger partial charge in [0, 0.05) is 39.3 Å². The molecule has 0 aromatic heterocycles. The van der Waals surface area contributed by atoms with Gasteiger partial charge in [0.15, 0.2) is 0 Å². The van der Waals surface area contributed by atoms with Gasteiger partial charge in [0.05, 0.1) is 5.02 Å². The van der Waals surface area contributed by atoms with E-state index in [4.69, 9.17) is 11.6 Å². The normalized spacial score (nSPS) is 18.0. The van der Waals surface area contributed by atoms with Crippen LogP contribution < -0.4 is 4.72 Å². The molecule has 0 amide bonds. The van der Waals surface area contributed by atoms with Gasteiger partial charge in [0.25, 0.3) is 0 Å². The van der Waals surface area contributed by atoms with Crippen molar-refractivity contribution in [3.63, 3.8) is 0 Å². The molecule has 7 heteroatoms. The molecule has 1 saturated heterocycles. The Morgan fingerprint density at radius 3 is 2.57 bits per heavy atom. The van der Waals surface area contributed by atoms with Crippen LogP contribution in [0.4, 0.5) is 0 Å². The van der Waals surface area contributed by atoms with E-state index in [1.165, 1.54) is 0 Å². The summed E-state index contributed by atoms with van der Waals surface area (Å²) in [6.07, 6.45) is 0. The number of halogens is 1.